The molecule has 5 nitrogen and oxygen atoms in total. The van der Waals surface area contributed by atoms with Gasteiger partial charge in [-0.3, -0.25) is 14.5 Å². The zero-order chi connectivity index (χ0) is 15.2. The lowest BCUT2D eigenvalue weighted by atomic mass is 10.1. The SMILES string of the molecule is COCCCNC(=O)C1CCC(=O)N1c1ccc(C)cc1. The van der Waals surface area contributed by atoms with Gasteiger partial charge in [-0.05, 0) is 31.9 Å². The minimum absolute atomic E-state index is 0.0101. The number of nitrogens with zero attached hydrogens (tertiary/aromatic N) is 1. The molecule has 0 aromatic heterocycles. The molecule has 0 bridgehead atoms. The Bertz CT molecular complexity index is 499. The number of ether oxygens (including phenoxy) is 1. The molecule has 1 atom stereocenters. The van der Waals surface area contributed by atoms with E-state index in [1.54, 1.807) is 12.0 Å². The van der Waals surface area contributed by atoms with Crippen molar-refractivity contribution in [2.75, 3.05) is 25.2 Å². The first kappa shape index (κ1) is 15.5. The Morgan fingerprint density at radius 1 is 1.38 bits per heavy atom. The van der Waals surface area contributed by atoms with E-state index in [1.165, 1.54) is 0 Å². The molecule has 2 rings (SSSR count). The molecule has 114 valence electrons. The van der Waals surface area contributed by atoms with Gasteiger partial charge >= 0.3 is 0 Å². The highest BCUT2D eigenvalue weighted by atomic mass is 16.5. The number of aryl methyl sites for hydroxylation is 1. The quantitative estimate of drug-likeness (QED) is 0.810. The molecule has 21 heavy (non-hydrogen) atoms. The maximum atomic E-state index is 12.3. The van der Waals surface area contributed by atoms with Gasteiger partial charge in [-0.1, -0.05) is 17.7 Å². The van der Waals surface area contributed by atoms with Gasteiger partial charge in [0.25, 0.3) is 0 Å². The first-order chi connectivity index (χ1) is 10.1. The lowest BCUT2D eigenvalue weighted by Crippen LogP contribution is -2.45. The van der Waals surface area contributed by atoms with E-state index in [0.29, 0.717) is 26.0 Å². The van der Waals surface area contributed by atoms with E-state index >= 15 is 0 Å². The lowest BCUT2D eigenvalue weighted by molar-refractivity contribution is -0.123. The highest BCUT2D eigenvalue weighted by molar-refractivity contribution is 6.03. The standard InChI is InChI=1S/C16H22N2O3/c1-12-4-6-13(7-5-12)18-14(8-9-15(18)19)16(20)17-10-3-11-21-2/h4-7,14H,3,8-11H2,1-2H3,(H,17,20). The van der Waals surface area contributed by atoms with Gasteiger partial charge in [0.1, 0.15) is 6.04 Å². The molecule has 2 amide bonds. The van der Waals surface area contributed by atoms with Crippen LogP contribution >= 0.6 is 0 Å². The summed E-state index contributed by atoms with van der Waals surface area (Å²) in [6, 6.07) is 7.29. The molecule has 1 aromatic rings. The summed E-state index contributed by atoms with van der Waals surface area (Å²) in [5.74, 6) is -0.0755. The van der Waals surface area contributed by atoms with Crippen molar-refractivity contribution in [3.8, 4) is 0 Å². The smallest absolute Gasteiger partial charge is 0.243 e. The third-order valence-electron chi connectivity index (χ3n) is 3.65. The van der Waals surface area contributed by atoms with Crippen LogP contribution in [0.15, 0.2) is 24.3 Å². The molecule has 1 saturated heterocycles. The van der Waals surface area contributed by atoms with Crippen LogP contribution in [0, 0.1) is 6.92 Å². The summed E-state index contributed by atoms with van der Waals surface area (Å²) in [5, 5.41) is 2.88. The molecular weight excluding hydrogens is 268 g/mol. The van der Waals surface area contributed by atoms with Crippen LogP contribution in [0.5, 0.6) is 0 Å². The molecule has 0 spiro atoms. The van der Waals surface area contributed by atoms with Gasteiger partial charge in [0.05, 0.1) is 0 Å². The molecular formula is C16H22N2O3. The fraction of sp³-hybridized carbons (Fsp3) is 0.500. The van der Waals surface area contributed by atoms with Crippen LogP contribution in [-0.4, -0.2) is 38.1 Å². The summed E-state index contributed by atoms with van der Waals surface area (Å²) in [4.78, 5) is 26.0. The van der Waals surface area contributed by atoms with E-state index in [0.717, 1.165) is 17.7 Å². The normalized spacial score (nSPS) is 18.1. The van der Waals surface area contributed by atoms with Crippen LogP contribution < -0.4 is 10.2 Å². The Morgan fingerprint density at radius 3 is 2.76 bits per heavy atom. The summed E-state index contributed by atoms with van der Waals surface area (Å²) < 4.78 is 4.95. The van der Waals surface area contributed by atoms with E-state index < -0.39 is 6.04 Å². The molecule has 0 radical (unpaired) electrons. The number of amides is 2. The Morgan fingerprint density at radius 2 is 2.10 bits per heavy atom. The Labute approximate surface area is 125 Å². The summed E-state index contributed by atoms with van der Waals surface area (Å²) in [7, 11) is 1.64. The van der Waals surface area contributed by atoms with Gasteiger partial charge in [0.15, 0.2) is 0 Å². The number of carbonyl (C=O) groups excluding carboxylic acids is 2. The molecule has 5 heteroatoms. The fourth-order valence-electron chi connectivity index (χ4n) is 2.51. The highest BCUT2D eigenvalue weighted by Gasteiger charge is 2.36. The maximum absolute atomic E-state index is 12.3. The Kier molecular flexibility index (Phi) is 5.33. The number of methoxy groups -OCH3 is 1. The van der Waals surface area contributed by atoms with E-state index in [4.69, 9.17) is 4.74 Å². The predicted molar refractivity (Wildman–Crippen MR) is 81.2 cm³/mol. The third-order valence-corrected chi connectivity index (χ3v) is 3.65. The zero-order valence-electron chi connectivity index (χ0n) is 12.6. The van der Waals surface area contributed by atoms with Crippen LogP contribution in [0.3, 0.4) is 0 Å². The number of hydrogen-bond donors (Lipinski definition) is 1. The minimum atomic E-state index is -0.400. The number of rotatable bonds is 6. The van der Waals surface area contributed by atoms with Gasteiger partial charge in [-0.15, -0.1) is 0 Å². The molecule has 0 aliphatic carbocycles. The van der Waals surface area contributed by atoms with Crippen molar-refractivity contribution in [1.29, 1.82) is 0 Å². The molecule has 1 aliphatic heterocycles. The third kappa shape index (κ3) is 3.82. The molecule has 1 unspecified atom stereocenters. The second-order valence-corrected chi connectivity index (χ2v) is 5.29. The molecule has 1 heterocycles. The van der Waals surface area contributed by atoms with Crippen molar-refractivity contribution >= 4 is 17.5 Å². The molecule has 0 saturated carbocycles. The summed E-state index contributed by atoms with van der Waals surface area (Å²) in [6.45, 7) is 3.18. The van der Waals surface area contributed by atoms with Crippen molar-refractivity contribution in [2.24, 2.45) is 0 Å². The topological polar surface area (TPSA) is 58.6 Å². The predicted octanol–water partition coefficient (Wildman–Crippen LogP) is 1.64. The van der Waals surface area contributed by atoms with Crippen molar-refractivity contribution in [3.63, 3.8) is 0 Å². The van der Waals surface area contributed by atoms with Gasteiger partial charge in [-0.25, -0.2) is 0 Å². The van der Waals surface area contributed by atoms with E-state index in [1.807, 2.05) is 31.2 Å². The maximum Gasteiger partial charge on any atom is 0.243 e. The van der Waals surface area contributed by atoms with Gasteiger partial charge in [0.2, 0.25) is 11.8 Å². The summed E-state index contributed by atoms with van der Waals surface area (Å²) >= 11 is 0. The number of benzene rings is 1. The van der Waals surface area contributed by atoms with Crippen LogP contribution in [0.2, 0.25) is 0 Å². The van der Waals surface area contributed by atoms with Crippen LogP contribution in [-0.2, 0) is 14.3 Å². The second kappa shape index (κ2) is 7.22. The van der Waals surface area contributed by atoms with Crippen molar-refractivity contribution in [2.45, 2.75) is 32.2 Å². The minimum Gasteiger partial charge on any atom is -0.385 e. The summed E-state index contributed by atoms with van der Waals surface area (Å²) in [5.41, 5.74) is 1.92. The molecule has 1 aromatic carbocycles. The van der Waals surface area contributed by atoms with Gasteiger partial charge in [0, 0.05) is 32.4 Å². The number of anilines is 1. The van der Waals surface area contributed by atoms with E-state index in [9.17, 15) is 9.59 Å². The summed E-state index contributed by atoms with van der Waals surface area (Å²) in [6.07, 6.45) is 1.76. The largest absolute Gasteiger partial charge is 0.385 e. The van der Waals surface area contributed by atoms with Crippen LogP contribution in [0.4, 0.5) is 5.69 Å². The average molecular weight is 290 g/mol. The Balaban J connectivity index is 2.02. The average Bonchev–Trinajstić information content (AvgIpc) is 2.86. The van der Waals surface area contributed by atoms with Crippen molar-refractivity contribution < 1.29 is 14.3 Å². The van der Waals surface area contributed by atoms with Crippen molar-refractivity contribution in [1.82, 2.24) is 5.32 Å². The molecule has 1 fully saturated rings. The second-order valence-electron chi connectivity index (χ2n) is 5.29. The fourth-order valence-corrected chi connectivity index (χ4v) is 2.51. The lowest BCUT2D eigenvalue weighted by Gasteiger charge is -2.24. The first-order valence-electron chi connectivity index (χ1n) is 7.29. The van der Waals surface area contributed by atoms with Gasteiger partial charge < -0.3 is 10.1 Å². The first-order valence-corrected chi connectivity index (χ1v) is 7.29. The monoisotopic (exact) mass is 290 g/mol. The van der Waals surface area contributed by atoms with Gasteiger partial charge in [-0.2, -0.15) is 0 Å². The van der Waals surface area contributed by atoms with Crippen molar-refractivity contribution in [3.05, 3.63) is 29.8 Å². The zero-order valence-corrected chi connectivity index (χ0v) is 12.6. The number of nitrogens with one attached hydrogen (secondary N) is 1. The Hall–Kier alpha value is -1.88. The highest BCUT2D eigenvalue weighted by Crippen LogP contribution is 2.27. The number of hydrogen-bond acceptors (Lipinski definition) is 3. The molecule has 1 aliphatic rings. The molecule has 1 N–H and O–H groups in total. The van der Waals surface area contributed by atoms with E-state index in [-0.39, 0.29) is 11.8 Å². The van der Waals surface area contributed by atoms with Crippen LogP contribution in [0.25, 0.3) is 0 Å². The number of carbonyl (C=O) groups is 2. The van der Waals surface area contributed by atoms with Crippen LogP contribution in [0.1, 0.15) is 24.8 Å². The van der Waals surface area contributed by atoms with E-state index in [2.05, 4.69) is 5.32 Å².